The topological polar surface area (TPSA) is 66.9 Å². The van der Waals surface area contributed by atoms with Crippen LogP contribution in [-0.2, 0) is 10.0 Å². The van der Waals surface area contributed by atoms with Crippen LogP contribution in [0.15, 0.2) is 23.1 Å². The lowest BCUT2D eigenvalue weighted by Crippen LogP contribution is -2.43. The lowest BCUT2D eigenvalue weighted by Gasteiger charge is -2.31. The first kappa shape index (κ1) is 23.5. The van der Waals surface area contributed by atoms with E-state index in [1.807, 2.05) is 0 Å². The summed E-state index contributed by atoms with van der Waals surface area (Å²) in [6.07, 6.45) is -3.12. The monoisotopic (exact) mass is 436 g/mol. The van der Waals surface area contributed by atoms with Crippen molar-refractivity contribution in [1.82, 2.24) is 9.21 Å². The van der Waals surface area contributed by atoms with Gasteiger partial charge < -0.3 is 9.64 Å². The quantitative estimate of drug-likeness (QED) is 0.684. The summed E-state index contributed by atoms with van der Waals surface area (Å²) >= 11 is 0. The molecule has 1 saturated heterocycles. The third kappa shape index (κ3) is 6.08. The van der Waals surface area contributed by atoms with Crippen LogP contribution in [0.25, 0.3) is 0 Å². The molecule has 0 atom stereocenters. The van der Waals surface area contributed by atoms with Crippen LogP contribution in [0.4, 0.5) is 13.2 Å². The molecule has 0 unspecified atom stereocenters. The Labute approximate surface area is 169 Å². The highest BCUT2D eigenvalue weighted by Gasteiger charge is 2.36. The molecule has 29 heavy (non-hydrogen) atoms. The van der Waals surface area contributed by atoms with Gasteiger partial charge in [-0.1, -0.05) is 20.8 Å². The van der Waals surface area contributed by atoms with E-state index in [-0.39, 0.29) is 22.8 Å². The van der Waals surface area contributed by atoms with Crippen molar-refractivity contribution in [2.75, 3.05) is 33.3 Å². The molecule has 1 aromatic carbocycles. The number of amides is 1. The number of alkyl halides is 3. The van der Waals surface area contributed by atoms with Crippen molar-refractivity contribution in [2.45, 2.75) is 44.7 Å². The van der Waals surface area contributed by atoms with Crippen molar-refractivity contribution >= 4 is 15.9 Å². The third-order valence-electron chi connectivity index (χ3n) is 4.42. The SMILES string of the molecule is COc1ccc(C(=O)N(CC(C)(C)C)CC(F)(F)F)cc1S(=O)(=O)N1CCCC1. The van der Waals surface area contributed by atoms with E-state index in [1.54, 1.807) is 20.8 Å². The standard InChI is InChI=1S/C19H27F3N2O4S/c1-18(2,3)12-23(13-19(20,21)22)17(25)14-7-8-15(28-4)16(11-14)29(26,27)24-9-5-6-10-24/h7-8,11H,5-6,9-10,12-13H2,1-4H3. The third-order valence-corrected chi connectivity index (χ3v) is 6.34. The van der Waals surface area contributed by atoms with Gasteiger partial charge in [-0.3, -0.25) is 4.79 Å². The molecule has 1 aromatic rings. The summed E-state index contributed by atoms with van der Waals surface area (Å²) < 4.78 is 71.4. The van der Waals surface area contributed by atoms with Gasteiger partial charge in [-0.2, -0.15) is 17.5 Å². The Hall–Kier alpha value is -1.81. The van der Waals surface area contributed by atoms with Gasteiger partial charge in [0.15, 0.2) is 0 Å². The summed E-state index contributed by atoms with van der Waals surface area (Å²) in [7, 11) is -2.62. The molecule has 1 amide bonds. The normalized spacial score (nSPS) is 16.1. The summed E-state index contributed by atoms with van der Waals surface area (Å²) in [5.41, 5.74) is -0.699. The Morgan fingerprint density at radius 2 is 1.72 bits per heavy atom. The molecule has 164 valence electrons. The fraction of sp³-hybridized carbons (Fsp3) is 0.632. The van der Waals surface area contributed by atoms with Crippen molar-refractivity contribution < 1.29 is 31.1 Å². The lowest BCUT2D eigenvalue weighted by atomic mass is 9.95. The van der Waals surface area contributed by atoms with Crippen molar-refractivity contribution in [3.63, 3.8) is 0 Å². The second-order valence-electron chi connectivity index (χ2n) is 8.31. The summed E-state index contributed by atoms with van der Waals surface area (Å²) in [6, 6.07) is 3.70. The number of sulfonamides is 1. The number of carbonyl (C=O) groups excluding carboxylic acids is 1. The van der Waals surface area contributed by atoms with Crippen molar-refractivity contribution in [3.05, 3.63) is 23.8 Å². The van der Waals surface area contributed by atoms with Gasteiger partial charge in [0.05, 0.1) is 7.11 Å². The smallest absolute Gasteiger partial charge is 0.406 e. The highest BCUT2D eigenvalue weighted by atomic mass is 32.2. The molecule has 0 aromatic heterocycles. The second-order valence-corrected chi connectivity index (χ2v) is 10.2. The first-order valence-corrected chi connectivity index (χ1v) is 10.7. The average Bonchev–Trinajstić information content (AvgIpc) is 3.13. The van der Waals surface area contributed by atoms with Gasteiger partial charge in [0.2, 0.25) is 10.0 Å². The predicted molar refractivity (Wildman–Crippen MR) is 102 cm³/mol. The molecule has 1 aliphatic heterocycles. The minimum absolute atomic E-state index is 0.0478. The summed E-state index contributed by atoms with van der Waals surface area (Å²) in [5, 5.41) is 0. The van der Waals surface area contributed by atoms with Crippen molar-refractivity contribution in [1.29, 1.82) is 0 Å². The number of halogens is 3. The Morgan fingerprint density at radius 1 is 1.14 bits per heavy atom. The number of hydrogen-bond acceptors (Lipinski definition) is 4. The van der Waals surface area contributed by atoms with Crippen LogP contribution in [0.1, 0.15) is 44.0 Å². The van der Waals surface area contributed by atoms with Crippen molar-refractivity contribution in [2.24, 2.45) is 5.41 Å². The van der Waals surface area contributed by atoms with Crippen LogP contribution in [0.2, 0.25) is 0 Å². The van der Waals surface area contributed by atoms with Crippen LogP contribution in [0.3, 0.4) is 0 Å². The minimum Gasteiger partial charge on any atom is -0.495 e. The molecule has 0 spiro atoms. The lowest BCUT2D eigenvalue weighted by molar-refractivity contribution is -0.142. The molecule has 0 N–H and O–H groups in total. The van der Waals surface area contributed by atoms with Crippen molar-refractivity contribution in [3.8, 4) is 5.75 Å². The van der Waals surface area contributed by atoms with Crippen LogP contribution < -0.4 is 4.74 Å². The maximum Gasteiger partial charge on any atom is 0.406 e. The molecule has 0 aliphatic carbocycles. The molecular weight excluding hydrogens is 409 g/mol. The Bertz CT molecular complexity index is 826. The number of ether oxygens (including phenoxy) is 1. The van der Waals surface area contributed by atoms with E-state index in [2.05, 4.69) is 0 Å². The summed E-state index contributed by atoms with van der Waals surface area (Å²) in [6.45, 7) is 4.33. The van der Waals surface area contributed by atoms with Gasteiger partial charge in [0.25, 0.3) is 5.91 Å². The zero-order chi connectivity index (χ0) is 22.0. The Balaban J connectivity index is 2.45. The molecule has 2 rings (SSSR count). The Morgan fingerprint density at radius 3 is 2.21 bits per heavy atom. The zero-order valence-corrected chi connectivity index (χ0v) is 17.9. The molecule has 0 bridgehead atoms. The van der Waals surface area contributed by atoms with E-state index in [9.17, 15) is 26.4 Å². The number of rotatable bonds is 6. The van der Waals surface area contributed by atoms with Gasteiger partial charge in [0.1, 0.15) is 17.2 Å². The van der Waals surface area contributed by atoms with Crippen LogP contribution >= 0.6 is 0 Å². The van der Waals surface area contributed by atoms with Gasteiger partial charge in [-0.05, 0) is 36.5 Å². The number of carbonyl (C=O) groups is 1. The number of hydrogen-bond donors (Lipinski definition) is 0. The fourth-order valence-corrected chi connectivity index (χ4v) is 4.95. The summed E-state index contributed by atoms with van der Waals surface area (Å²) in [4.78, 5) is 13.4. The van der Waals surface area contributed by atoms with Gasteiger partial charge >= 0.3 is 6.18 Å². The highest BCUT2D eigenvalue weighted by molar-refractivity contribution is 7.89. The van der Waals surface area contributed by atoms with Gasteiger partial charge in [-0.25, -0.2) is 8.42 Å². The first-order chi connectivity index (χ1) is 13.2. The van der Waals surface area contributed by atoms with Gasteiger partial charge in [0, 0.05) is 25.2 Å². The van der Waals surface area contributed by atoms with E-state index in [0.717, 1.165) is 18.9 Å². The highest BCUT2D eigenvalue weighted by Crippen LogP contribution is 2.31. The van der Waals surface area contributed by atoms with Crippen LogP contribution in [-0.4, -0.2) is 63.0 Å². The number of nitrogens with zero attached hydrogens (tertiary/aromatic N) is 2. The molecule has 1 heterocycles. The fourth-order valence-electron chi connectivity index (χ4n) is 3.25. The van der Waals surface area contributed by atoms with Gasteiger partial charge in [-0.15, -0.1) is 0 Å². The van der Waals surface area contributed by atoms with E-state index in [1.165, 1.54) is 23.5 Å². The average molecular weight is 436 g/mol. The molecule has 1 fully saturated rings. The van der Waals surface area contributed by atoms with E-state index >= 15 is 0 Å². The molecule has 1 aliphatic rings. The first-order valence-electron chi connectivity index (χ1n) is 9.29. The zero-order valence-electron chi connectivity index (χ0n) is 17.0. The second kappa shape index (κ2) is 8.51. The van der Waals surface area contributed by atoms with E-state index in [4.69, 9.17) is 4.74 Å². The minimum atomic E-state index is -4.57. The molecular formula is C19H27F3N2O4S. The number of methoxy groups -OCH3 is 1. The number of benzene rings is 1. The molecule has 0 saturated carbocycles. The van der Waals surface area contributed by atoms with Crippen LogP contribution in [0, 0.1) is 5.41 Å². The molecule has 0 radical (unpaired) electrons. The largest absolute Gasteiger partial charge is 0.495 e. The Kier molecular flexibility index (Phi) is 6.89. The summed E-state index contributed by atoms with van der Waals surface area (Å²) in [5.74, 6) is -0.829. The van der Waals surface area contributed by atoms with E-state index in [0.29, 0.717) is 18.0 Å². The van der Waals surface area contributed by atoms with E-state index < -0.39 is 34.1 Å². The van der Waals surface area contributed by atoms with Crippen LogP contribution in [0.5, 0.6) is 5.75 Å². The maximum absolute atomic E-state index is 13.0. The molecule has 10 heteroatoms. The maximum atomic E-state index is 13.0. The molecule has 6 nitrogen and oxygen atoms in total. The predicted octanol–water partition coefficient (Wildman–Crippen LogP) is 3.53.